The number of hydrogen-bond acceptors (Lipinski definition) is 12. The highest BCUT2D eigenvalue weighted by Crippen LogP contribution is 2.54. The van der Waals surface area contributed by atoms with Crippen LogP contribution >= 0.6 is 0 Å². The van der Waals surface area contributed by atoms with Crippen molar-refractivity contribution in [3.63, 3.8) is 0 Å². The van der Waals surface area contributed by atoms with Crippen LogP contribution in [0.25, 0.3) is 5.76 Å². The minimum Gasteiger partial charge on any atom is -0.508 e. The van der Waals surface area contributed by atoms with Crippen LogP contribution in [0.2, 0.25) is 0 Å². The van der Waals surface area contributed by atoms with Gasteiger partial charge < -0.3 is 36.8 Å². The molecule has 1 saturated carbocycles. The van der Waals surface area contributed by atoms with Crippen molar-refractivity contribution in [2.45, 2.75) is 51.2 Å². The molecule has 0 aromatic heterocycles. The first-order chi connectivity index (χ1) is 19.8. The Morgan fingerprint density at radius 1 is 1.09 bits per heavy atom. The summed E-state index contributed by atoms with van der Waals surface area (Å²) in [7, 11) is -1.53. The lowest BCUT2D eigenvalue weighted by molar-refractivity contribution is -0.153. The van der Waals surface area contributed by atoms with E-state index in [4.69, 9.17) is 29.0 Å². The zero-order valence-corrected chi connectivity index (χ0v) is 25.1. The first kappa shape index (κ1) is 33.8. The predicted molar refractivity (Wildman–Crippen MR) is 156 cm³/mol. The van der Waals surface area contributed by atoms with Crippen LogP contribution in [0.15, 0.2) is 23.0 Å². The second-order valence-corrected chi connectivity index (χ2v) is 12.0. The average molecular weight is 627 g/mol. The highest BCUT2D eigenvalue weighted by atomic mass is 32.3. The number of primary amides is 1. The number of nitrogens with two attached hydrogens (primary N) is 2. The lowest BCUT2D eigenvalue weighted by atomic mass is 9.57. The number of ketones is 2. The minimum atomic E-state index is -4.67. The Morgan fingerprint density at radius 2 is 1.63 bits per heavy atom. The highest BCUT2D eigenvalue weighted by Gasteiger charge is 2.64. The zero-order valence-electron chi connectivity index (χ0n) is 24.2. The number of likely N-dealkylation sites (N-methyl/N-ethyl adjacent to an activating group) is 1. The molecular formula is C27H38N4O11S. The van der Waals surface area contributed by atoms with E-state index in [1.165, 1.54) is 4.90 Å². The number of hydrogen-bond donors (Lipinski definition) is 8. The van der Waals surface area contributed by atoms with Gasteiger partial charge in [0.2, 0.25) is 5.78 Å². The number of rotatable bonds is 7. The molecular weight excluding hydrogens is 588 g/mol. The van der Waals surface area contributed by atoms with Gasteiger partial charge in [0.15, 0.2) is 11.4 Å². The van der Waals surface area contributed by atoms with Gasteiger partial charge >= 0.3 is 10.4 Å². The maximum absolute atomic E-state index is 13.9. The van der Waals surface area contributed by atoms with Crippen molar-refractivity contribution in [2.75, 3.05) is 37.8 Å². The third-order valence-electron chi connectivity index (χ3n) is 8.05. The number of aliphatic hydroxyl groups is 3. The van der Waals surface area contributed by atoms with E-state index in [1.807, 2.05) is 13.8 Å². The van der Waals surface area contributed by atoms with Crippen LogP contribution in [0.4, 0.5) is 11.4 Å². The molecule has 1 aromatic carbocycles. The van der Waals surface area contributed by atoms with E-state index >= 15 is 0 Å². The Kier molecular flexibility index (Phi) is 9.53. The van der Waals surface area contributed by atoms with Crippen molar-refractivity contribution < 1.29 is 52.3 Å². The number of nitrogen functional groups attached to an aromatic ring is 1. The van der Waals surface area contributed by atoms with Crippen molar-refractivity contribution in [2.24, 2.45) is 17.6 Å². The fourth-order valence-corrected chi connectivity index (χ4v) is 6.49. The summed E-state index contributed by atoms with van der Waals surface area (Å²) in [4.78, 5) is 42.9. The minimum absolute atomic E-state index is 0.00787. The number of fused-ring (bicyclic) bond motifs is 3. The largest absolute Gasteiger partial charge is 0.508 e. The Morgan fingerprint density at radius 3 is 2.09 bits per heavy atom. The quantitative estimate of drug-likeness (QED) is 0.0888. The Balaban J connectivity index is 0.000000934. The summed E-state index contributed by atoms with van der Waals surface area (Å²) in [5, 5.41) is 45.0. The fourth-order valence-electron chi connectivity index (χ4n) is 6.49. The smallest absolute Gasteiger partial charge is 0.394 e. The average Bonchev–Trinajstić information content (AvgIpc) is 2.86. The van der Waals surface area contributed by atoms with E-state index in [0.717, 1.165) is 18.5 Å². The van der Waals surface area contributed by atoms with Crippen molar-refractivity contribution in [3.8, 4) is 5.75 Å². The van der Waals surface area contributed by atoms with E-state index in [9.17, 15) is 34.8 Å². The molecule has 1 aromatic rings. The monoisotopic (exact) mass is 626 g/mol. The topological polar surface area (TPSA) is 265 Å². The molecule has 1 amide bonds. The summed E-state index contributed by atoms with van der Waals surface area (Å²) in [5.74, 6) is -6.87. The second-order valence-electron chi connectivity index (χ2n) is 11.1. The molecule has 0 radical (unpaired) electrons. The van der Waals surface area contributed by atoms with Crippen LogP contribution in [0.5, 0.6) is 5.75 Å². The van der Waals surface area contributed by atoms with Gasteiger partial charge in [-0.05, 0) is 57.3 Å². The summed E-state index contributed by atoms with van der Waals surface area (Å²) in [6.45, 7) is 5.49. The normalized spacial score (nSPS) is 25.1. The molecule has 0 spiro atoms. The molecule has 0 saturated heterocycles. The molecule has 4 rings (SSSR count). The van der Waals surface area contributed by atoms with Crippen LogP contribution in [0.1, 0.15) is 44.2 Å². The molecule has 10 N–H and O–H groups in total. The SMILES string of the molecule is CCCN(CCC)c1cc(N)c(O)c2c1CC1CC3[C@H](N(C)C)C(=O)C(C(N)=O)=C(O)[C@@]3(O)C(=O)C1=C2O.O=S(=O)(O)O. The molecule has 238 valence electrons. The molecule has 4 atom stereocenters. The lowest BCUT2D eigenvalue weighted by Gasteiger charge is -2.50. The van der Waals surface area contributed by atoms with Gasteiger partial charge in [0, 0.05) is 30.3 Å². The Labute approximate surface area is 248 Å². The van der Waals surface area contributed by atoms with Gasteiger partial charge in [-0.25, -0.2) is 0 Å². The number of phenols is 1. The van der Waals surface area contributed by atoms with E-state index in [0.29, 0.717) is 18.7 Å². The van der Waals surface area contributed by atoms with Gasteiger partial charge in [0.1, 0.15) is 22.8 Å². The molecule has 0 bridgehead atoms. The second kappa shape index (κ2) is 12.1. The summed E-state index contributed by atoms with van der Waals surface area (Å²) in [5.41, 5.74) is 9.17. The van der Waals surface area contributed by atoms with Crippen molar-refractivity contribution in [1.82, 2.24) is 4.90 Å². The van der Waals surface area contributed by atoms with E-state index in [1.54, 1.807) is 20.2 Å². The number of anilines is 2. The molecule has 43 heavy (non-hydrogen) atoms. The third-order valence-corrected chi connectivity index (χ3v) is 8.05. The maximum atomic E-state index is 13.9. The molecule has 1 fully saturated rings. The number of Topliss-reactive ketones (excluding diaryl/α,β-unsaturated/α-hetero) is 2. The molecule has 0 aliphatic heterocycles. The van der Waals surface area contributed by atoms with Crippen LogP contribution in [0, 0.1) is 11.8 Å². The molecule has 3 aliphatic carbocycles. The van der Waals surface area contributed by atoms with Crippen molar-refractivity contribution >= 4 is 45.0 Å². The van der Waals surface area contributed by atoms with Crippen LogP contribution < -0.4 is 16.4 Å². The molecule has 2 unspecified atom stereocenters. The van der Waals surface area contributed by atoms with E-state index < -0.39 is 68.4 Å². The van der Waals surface area contributed by atoms with Crippen molar-refractivity contribution in [1.29, 1.82) is 0 Å². The van der Waals surface area contributed by atoms with Crippen LogP contribution in [0.3, 0.4) is 0 Å². The first-order valence-corrected chi connectivity index (χ1v) is 15.0. The highest BCUT2D eigenvalue weighted by molar-refractivity contribution is 7.79. The standard InChI is InChI=1S/C27H36N4O7.H2O4S/c1-5-7-31(8-6-2)16-11-15(28)21(32)18-13(16)9-12-10-14-20(30(3)4)23(34)19(26(29)37)25(36)27(14,38)24(35)17(12)22(18)33;1-5(2,3)4/h11-12,14,20,32-33,36,38H,5-10,28H2,1-4H3,(H2,29,37);(H2,1,2,3,4)/t12?,14?,20-,27-;/m0./s1. The molecule has 3 aliphatic rings. The maximum Gasteiger partial charge on any atom is 0.394 e. The van der Waals surface area contributed by atoms with Crippen LogP contribution in [-0.4, -0.2) is 99.2 Å². The zero-order chi connectivity index (χ0) is 32.8. The molecule has 15 nitrogen and oxygen atoms in total. The van der Waals surface area contributed by atoms with Gasteiger partial charge in [-0.3, -0.25) is 28.4 Å². The molecule has 0 heterocycles. The van der Waals surface area contributed by atoms with E-state index in [2.05, 4.69) is 4.90 Å². The van der Waals surface area contributed by atoms with Crippen LogP contribution in [-0.2, 0) is 31.2 Å². The number of benzene rings is 1. The predicted octanol–water partition coefficient (Wildman–Crippen LogP) is 0.520. The number of carbonyl (C=O) groups is 3. The number of phenolic OH excluding ortho intramolecular Hbond substituents is 1. The molecule has 16 heteroatoms. The van der Waals surface area contributed by atoms with Gasteiger partial charge in [-0.1, -0.05) is 13.8 Å². The fraction of sp³-hybridized carbons (Fsp3) is 0.519. The number of nitrogens with zero attached hydrogens (tertiary/aromatic N) is 2. The van der Waals surface area contributed by atoms with E-state index in [-0.39, 0.29) is 35.4 Å². The summed E-state index contributed by atoms with van der Waals surface area (Å²) in [6.07, 6.45) is 1.96. The number of aliphatic hydroxyl groups excluding tert-OH is 2. The Bertz CT molecular complexity index is 1500. The third kappa shape index (κ3) is 5.92. The first-order valence-electron chi connectivity index (χ1n) is 13.6. The summed E-state index contributed by atoms with van der Waals surface area (Å²) >= 11 is 0. The number of amides is 1. The van der Waals surface area contributed by atoms with Crippen molar-refractivity contribution in [3.05, 3.63) is 34.1 Å². The Hall–Kier alpha value is -3.70. The number of aromatic hydroxyl groups is 1. The lowest BCUT2D eigenvalue weighted by Crippen LogP contribution is -2.65. The van der Waals surface area contributed by atoms with Gasteiger partial charge in [0.05, 0.1) is 17.3 Å². The summed E-state index contributed by atoms with van der Waals surface area (Å²) < 4.78 is 31.6. The summed E-state index contributed by atoms with van der Waals surface area (Å²) in [6, 6.07) is 0.544. The van der Waals surface area contributed by atoms with Gasteiger partial charge in [0.25, 0.3) is 5.91 Å². The van der Waals surface area contributed by atoms with Gasteiger partial charge in [-0.15, -0.1) is 0 Å². The number of carbonyl (C=O) groups excluding carboxylic acids is 3. The van der Waals surface area contributed by atoms with Gasteiger partial charge in [-0.2, -0.15) is 8.42 Å².